The smallest absolute Gasteiger partial charge is 0.268 e. The summed E-state index contributed by atoms with van der Waals surface area (Å²) in [4.78, 5) is 34.8. The van der Waals surface area contributed by atoms with E-state index in [4.69, 9.17) is 4.99 Å². The minimum atomic E-state index is -1.09. The molecule has 7 nitrogen and oxygen atoms in total. The number of hydrogen-bond acceptors (Lipinski definition) is 6. The van der Waals surface area contributed by atoms with Gasteiger partial charge in [0.15, 0.2) is 0 Å². The van der Waals surface area contributed by atoms with Gasteiger partial charge in [0.05, 0.1) is 16.3 Å². The van der Waals surface area contributed by atoms with Crippen molar-refractivity contribution in [1.29, 1.82) is 0 Å². The van der Waals surface area contributed by atoms with E-state index in [2.05, 4.69) is 41.5 Å². The van der Waals surface area contributed by atoms with Crippen molar-refractivity contribution in [2.24, 2.45) is 16.0 Å². The summed E-state index contributed by atoms with van der Waals surface area (Å²) in [5.74, 6) is -0.493. The first-order valence-electron chi connectivity index (χ1n) is 14.5. The van der Waals surface area contributed by atoms with Crippen molar-refractivity contribution in [3.63, 3.8) is 0 Å². The van der Waals surface area contributed by atoms with Crippen molar-refractivity contribution in [3.8, 4) is 0 Å². The number of nitrogens with one attached hydrogen (secondary N) is 2. The van der Waals surface area contributed by atoms with Gasteiger partial charge in [-0.05, 0) is 89.1 Å². The largest absolute Gasteiger partial charge is 0.375 e. The number of fused-ring (bicyclic) bond motifs is 1. The number of thiophene rings is 1. The zero-order valence-corrected chi connectivity index (χ0v) is 26.0. The molecule has 3 unspecified atom stereocenters. The molecule has 1 aliphatic carbocycles. The molecule has 2 amide bonds. The van der Waals surface area contributed by atoms with Crippen LogP contribution < -0.4 is 10.7 Å². The Bertz CT molecular complexity index is 1410. The first kappa shape index (κ1) is 30.6. The van der Waals surface area contributed by atoms with Crippen LogP contribution in [-0.2, 0) is 17.6 Å². The summed E-state index contributed by atoms with van der Waals surface area (Å²) in [5, 5.41) is 7.03. The maximum absolute atomic E-state index is 14.8. The molecule has 0 radical (unpaired) electrons. The summed E-state index contributed by atoms with van der Waals surface area (Å²) in [7, 11) is 2.05. The normalized spacial score (nSPS) is 22.0. The second-order valence-electron chi connectivity index (χ2n) is 11.6. The van der Waals surface area contributed by atoms with Gasteiger partial charge >= 0.3 is 0 Å². The lowest BCUT2D eigenvalue weighted by molar-refractivity contribution is -0.125. The Morgan fingerprint density at radius 3 is 2.80 bits per heavy atom. The summed E-state index contributed by atoms with van der Waals surface area (Å²) in [6, 6.07) is 6.85. The zero-order valence-electron chi connectivity index (χ0n) is 25.2. The molecule has 2 heterocycles. The molecule has 0 fully saturated rings. The number of nitrogens with zero attached hydrogens (tertiary/aromatic N) is 3. The number of aryl methyl sites for hydroxylation is 1. The number of carbonyl (C=O) groups excluding carboxylic acids is 2. The van der Waals surface area contributed by atoms with E-state index in [0.29, 0.717) is 28.1 Å². The molecule has 9 heteroatoms. The number of hydrogen-bond donors (Lipinski definition) is 2. The van der Waals surface area contributed by atoms with Crippen LogP contribution in [-0.4, -0.2) is 46.8 Å². The van der Waals surface area contributed by atoms with Crippen molar-refractivity contribution < 1.29 is 14.0 Å². The quantitative estimate of drug-likeness (QED) is 0.323. The van der Waals surface area contributed by atoms with Gasteiger partial charge in [0, 0.05) is 41.4 Å². The van der Waals surface area contributed by atoms with Crippen LogP contribution in [0.1, 0.15) is 92.9 Å². The van der Waals surface area contributed by atoms with Gasteiger partial charge in [0.2, 0.25) is 0 Å². The van der Waals surface area contributed by atoms with Crippen molar-refractivity contribution >= 4 is 40.3 Å². The Morgan fingerprint density at radius 2 is 2.10 bits per heavy atom. The second-order valence-corrected chi connectivity index (χ2v) is 12.7. The van der Waals surface area contributed by atoms with Crippen LogP contribution in [0.2, 0.25) is 0 Å². The Labute approximate surface area is 247 Å². The third-order valence-electron chi connectivity index (χ3n) is 8.48. The number of rotatable bonds is 9. The van der Waals surface area contributed by atoms with E-state index in [1.807, 2.05) is 33.0 Å². The Kier molecular flexibility index (Phi) is 9.47. The molecule has 4 rings (SSSR count). The summed E-state index contributed by atoms with van der Waals surface area (Å²) in [6.45, 7) is 12.2. The third kappa shape index (κ3) is 6.94. The molecule has 220 valence electrons. The summed E-state index contributed by atoms with van der Waals surface area (Å²) in [5.41, 5.74) is 5.80. The Hall–Kier alpha value is -3.33. The summed E-state index contributed by atoms with van der Waals surface area (Å²) >= 11 is 1.50. The molecular formula is C32H42FN5O2S. The Balaban J connectivity index is 1.52. The number of aliphatic imine (C=N–C) groups is 1. The summed E-state index contributed by atoms with van der Waals surface area (Å²) in [6.07, 6.45) is 7.50. The van der Waals surface area contributed by atoms with Gasteiger partial charge in [-0.25, -0.2) is 9.82 Å². The number of anilines is 1. The minimum Gasteiger partial charge on any atom is -0.375 e. The SMILES string of the molecule is CCC1CCc2sc(C(=O)Nc3cc(C4=NNC(=O)C(C)(N=C(C)/C=C(/C)N(C)C(C)CC)C4)ccc3F)cc2C1. The van der Waals surface area contributed by atoms with Crippen LogP contribution in [0.5, 0.6) is 0 Å². The molecule has 1 aromatic heterocycles. The van der Waals surface area contributed by atoms with E-state index in [1.54, 1.807) is 19.1 Å². The predicted molar refractivity (Wildman–Crippen MR) is 167 cm³/mol. The van der Waals surface area contributed by atoms with Crippen LogP contribution in [0.25, 0.3) is 0 Å². The van der Waals surface area contributed by atoms with E-state index in [-0.39, 0.29) is 23.9 Å². The maximum Gasteiger partial charge on any atom is 0.268 e. The molecule has 41 heavy (non-hydrogen) atoms. The molecule has 1 aromatic carbocycles. The van der Waals surface area contributed by atoms with Crippen LogP contribution in [0.3, 0.4) is 0 Å². The molecule has 0 spiro atoms. The Morgan fingerprint density at radius 1 is 1.34 bits per heavy atom. The second kappa shape index (κ2) is 12.7. The van der Waals surface area contributed by atoms with E-state index in [1.165, 1.54) is 27.8 Å². The minimum absolute atomic E-state index is 0.0814. The number of hydrazone groups is 1. The average Bonchev–Trinajstić information content (AvgIpc) is 3.38. The molecule has 2 N–H and O–H groups in total. The number of carbonyl (C=O) groups is 2. The third-order valence-corrected chi connectivity index (χ3v) is 9.71. The molecule has 0 saturated heterocycles. The number of benzene rings is 1. The van der Waals surface area contributed by atoms with Crippen molar-refractivity contribution in [2.45, 2.75) is 91.6 Å². The maximum atomic E-state index is 14.8. The average molecular weight is 580 g/mol. The first-order valence-corrected chi connectivity index (χ1v) is 15.3. The fourth-order valence-electron chi connectivity index (χ4n) is 5.43. The van der Waals surface area contributed by atoms with Gasteiger partial charge in [-0.15, -0.1) is 11.3 Å². The van der Waals surface area contributed by atoms with Crippen molar-refractivity contribution in [3.05, 3.63) is 62.7 Å². The van der Waals surface area contributed by atoms with Crippen LogP contribution in [0, 0.1) is 11.7 Å². The van der Waals surface area contributed by atoms with Crippen LogP contribution >= 0.6 is 11.3 Å². The van der Waals surface area contributed by atoms with E-state index in [0.717, 1.165) is 43.5 Å². The van der Waals surface area contributed by atoms with Gasteiger partial charge in [-0.3, -0.25) is 14.6 Å². The van der Waals surface area contributed by atoms with Gasteiger partial charge in [0.1, 0.15) is 11.4 Å². The molecule has 3 atom stereocenters. The summed E-state index contributed by atoms with van der Waals surface area (Å²) < 4.78 is 14.8. The predicted octanol–water partition coefficient (Wildman–Crippen LogP) is 6.73. The fourth-order valence-corrected chi connectivity index (χ4v) is 6.54. The highest BCUT2D eigenvalue weighted by Gasteiger charge is 2.38. The lowest BCUT2D eigenvalue weighted by atomic mass is 9.87. The van der Waals surface area contributed by atoms with Crippen molar-refractivity contribution in [1.82, 2.24) is 10.3 Å². The van der Waals surface area contributed by atoms with E-state index in [9.17, 15) is 14.0 Å². The van der Waals surface area contributed by atoms with E-state index >= 15 is 0 Å². The number of amides is 2. The lowest BCUT2D eigenvalue weighted by Gasteiger charge is -2.29. The topological polar surface area (TPSA) is 86.2 Å². The van der Waals surface area contributed by atoms with E-state index < -0.39 is 11.4 Å². The first-order chi connectivity index (χ1) is 19.4. The van der Waals surface area contributed by atoms with Crippen LogP contribution in [0.15, 0.2) is 46.1 Å². The zero-order chi connectivity index (χ0) is 29.9. The monoisotopic (exact) mass is 579 g/mol. The molecule has 2 aliphatic rings. The highest BCUT2D eigenvalue weighted by Crippen LogP contribution is 2.34. The molecule has 1 aliphatic heterocycles. The number of halogens is 1. The standard InChI is InChI=1S/C32H42FN5O2S/c1-8-20(4)38(7)21(5)14-19(3)35-32(6)18-27(36-37-31(32)40)23-11-12-25(33)26(16-23)34-30(39)29-17-24-15-22(9-2)10-13-28(24)41-29/h11-12,14,16-17,20,22H,8-10,13,15,18H2,1-7H3,(H,34,39)(H,37,40)/b21-14-,35-19?. The van der Waals surface area contributed by atoms with Crippen molar-refractivity contribution in [2.75, 3.05) is 12.4 Å². The molecule has 0 bridgehead atoms. The highest BCUT2D eigenvalue weighted by atomic mass is 32.1. The van der Waals surface area contributed by atoms with Gasteiger partial charge in [-0.2, -0.15) is 5.10 Å². The highest BCUT2D eigenvalue weighted by molar-refractivity contribution is 7.14. The number of allylic oxidation sites excluding steroid dienone is 2. The molecule has 2 aromatic rings. The lowest BCUT2D eigenvalue weighted by Crippen LogP contribution is -2.47. The van der Waals surface area contributed by atoms with Crippen LogP contribution in [0.4, 0.5) is 10.1 Å². The fraction of sp³-hybridized carbons (Fsp3) is 0.500. The van der Waals surface area contributed by atoms with Gasteiger partial charge in [0.25, 0.3) is 11.8 Å². The van der Waals surface area contributed by atoms with Gasteiger partial charge in [-0.1, -0.05) is 26.3 Å². The molecular weight excluding hydrogens is 537 g/mol. The molecule has 0 saturated carbocycles. The van der Waals surface area contributed by atoms with Gasteiger partial charge < -0.3 is 10.2 Å².